The lowest BCUT2D eigenvalue weighted by Crippen LogP contribution is -2.61. The molecule has 5 aromatic rings. The second kappa shape index (κ2) is 14.7. The Morgan fingerprint density at radius 3 is 1.64 bits per heavy atom. The zero-order chi connectivity index (χ0) is 27.2. The van der Waals surface area contributed by atoms with Gasteiger partial charge in [0.15, 0.2) is 0 Å². The molecular weight excluding hydrogens is 487 g/mol. The molecule has 0 spiro atoms. The Morgan fingerprint density at radius 1 is 0.744 bits per heavy atom. The molecule has 1 heterocycles. The molecule has 0 aliphatic carbocycles. The molecule has 2 nitrogen and oxygen atoms in total. The van der Waals surface area contributed by atoms with Gasteiger partial charge in [0.1, 0.15) is 8.07 Å². The summed E-state index contributed by atoms with van der Waals surface area (Å²) in [5.41, 5.74) is 2.58. The molecule has 0 saturated carbocycles. The molecule has 5 rings (SSSR count). The van der Waals surface area contributed by atoms with E-state index in [1.807, 2.05) is 30.6 Å². The molecule has 0 saturated heterocycles. The first-order chi connectivity index (χ1) is 19.3. The van der Waals surface area contributed by atoms with Gasteiger partial charge in [-0.2, -0.15) is 0 Å². The summed E-state index contributed by atoms with van der Waals surface area (Å²) in [4.78, 5) is 4.26. The summed E-state index contributed by atoms with van der Waals surface area (Å²) in [5.74, 6) is 1.99. The zero-order valence-corrected chi connectivity index (χ0v) is 23.8. The van der Waals surface area contributed by atoms with Crippen molar-refractivity contribution in [3.8, 4) is 0 Å². The quantitative estimate of drug-likeness (QED) is 0.170. The van der Waals surface area contributed by atoms with Gasteiger partial charge in [0, 0.05) is 18.6 Å². The molecule has 0 atom stereocenters. The third kappa shape index (κ3) is 7.46. The van der Waals surface area contributed by atoms with Gasteiger partial charge in [-0.05, 0) is 19.4 Å². The van der Waals surface area contributed by atoms with Crippen LogP contribution in [0.1, 0.15) is 13.3 Å². The van der Waals surface area contributed by atoms with E-state index in [-0.39, 0.29) is 0 Å². The second-order valence-corrected chi connectivity index (χ2v) is 13.8. The third-order valence-corrected chi connectivity index (χ3v) is 12.1. The molecule has 0 fully saturated rings. The molecule has 4 heteroatoms. The van der Waals surface area contributed by atoms with Gasteiger partial charge in [-0.25, -0.2) is 4.98 Å². The van der Waals surface area contributed by atoms with E-state index >= 15 is 0 Å². The molecule has 4 aromatic carbocycles. The predicted molar refractivity (Wildman–Crippen MR) is 172 cm³/mol. The fourth-order valence-corrected chi connectivity index (χ4v) is 9.77. The van der Waals surface area contributed by atoms with Crippen LogP contribution in [0, 0.1) is 0 Å². The first kappa shape index (κ1) is 27.9. The lowest BCUT2D eigenvalue weighted by molar-refractivity contribution is 0.848. The average Bonchev–Trinajstić information content (AvgIpc) is 3.53. The van der Waals surface area contributed by atoms with Crippen LogP contribution < -0.4 is 21.3 Å². The minimum atomic E-state index is -1.92. The normalized spacial score (nSPS) is 11.0. The van der Waals surface area contributed by atoms with Crippen LogP contribution in [0.15, 0.2) is 165 Å². The summed E-state index contributed by atoms with van der Waals surface area (Å²) < 4.78 is 2.25. The summed E-state index contributed by atoms with van der Waals surface area (Å²) in [6.45, 7) is 6.31. The van der Waals surface area contributed by atoms with Crippen molar-refractivity contribution < 1.29 is 0 Å². The number of benzene rings is 4. The summed E-state index contributed by atoms with van der Waals surface area (Å²) >= 11 is 0. The van der Waals surface area contributed by atoms with Crippen LogP contribution in [0.4, 0.5) is 0 Å². The molecular formula is C35H37BN2Si. The van der Waals surface area contributed by atoms with Crippen molar-refractivity contribution in [2.45, 2.75) is 25.6 Å². The maximum absolute atomic E-state index is 4.26. The zero-order valence-electron chi connectivity index (χ0n) is 22.8. The predicted octanol–water partition coefficient (Wildman–Crippen LogP) is 5.67. The largest absolute Gasteiger partial charge is 0.340 e. The maximum Gasteiger partial charge on any atom is 0.233 e. The van der Waals surface area contributed by atoms with Crippen LogP contribution in [-0.4, -0.2) is 24.3 Å². The van der Waals surface area contributed by atoms with E-state index in [2.05, 4.69) is 151 Å². The number of rotatable bonds is 10. The summed E-state index contributed by atoms with van der Waals surface area (Å²) in [6.07, 6.45) is 12.5. The fourth-order valence-electron chi connectivity index (χ4n) is 5.21. The van der Waals surface area contributed by atoms with Crippen LogP contribution >= 0.6 is 0 Å². The third-order valence-electron chi connectivity index (χ3n) is 7.19. The van der Waals surface area contributed by atoms with E-state index in [9.17, 15) is 0 Å². The summed E-state index contributed by atoms with van der Waals surface area (Å²) in [6, 6.07) is 44.2. The highest BCUT2D eigenvalue weighted by Gasteiger charge is 2.36. The molecule has 0 unspecified atom stereocenters. The van der Waals surface area contributed by atoms with Gasteiger partial charge in [0.05, 0.1) is 6.33 Å². The molecule has 0 amide bonds. The van der Waals surface area contributed by atoms with Crippen molar-refractivity contribution in [1.82, 2.24) is 9.55 Å². The van der Waals surface area contributed by atoms with Crippen molar-refractivity contribution in [1.29, 1.82) is 0 Å². The Labute approximate surface area is 235 Å². The summed E-state index contributed by atoms with van der Waals surface area (Å²) in [7, 11) is -1.92. The second-order valence-electron chi connectivity index (χ2n) is 9.69. The molecule has 0 N–H and O–H groups in total. The first-order valence-electron chi connectivity index (χ1n) is 13.7. The van der Waals surface area contributed by atoms with Crippen molar-refractivity contribution in [3.05, 3.63) is 165 Å². The maximum atomic E-state index is 4.26. The van der Waals surface area contributed by atoms with E-state index < -0.39 is 8.07 Å². The van der Waals surface area contributed by atoms with Crippen molar-refractivity contribution in [2.75, 3.05) is 0 Å². The lowest BCUT2D eigenvalue weighted by Gasteiger charge is -2.33. The van der Waals surface area contributed by atoms with Gasteiger partial charge >= 0.3 is 0 Å². The Balaban J connectivity index is 0.000000202. The van der Waals surface area contributed by atoms with Crippen LogP contribution in [0.25, 0.3) is 0 Å². The van der Waals surface area contributed by atoms with Crippen LogP contribution in [-0.2, 0) is 6.17 Å². The molecule has 194 valence electrons. The topological polar surface area (TPSA) is 17.8 Å². The van der Waals surface area contributed by atoms with E-state index in [1.165, 1.54) is 27.3 Å². The lowest BCUT2D eigenvalue weighted by atomic mass is 9.41. The highest BCUT2D eigenvalue weighted by Crippen LogP contribution is 2.17. The number of hydrogen-bond acceptors (Lipinski definition) is 1. The van der Waals surface area contributed by atoms with Gasteiger partial charge in [-0.3, -0.25) is 0 Å². The van der Waals surface area contributed by atoms with Gasteiger partial charge in [-0.15, -0.1) is 12.6 Å². The first-order valence-corrected chi connectivity index (χ1v) is 16.1. The number of hydrogen-bond donors (Lipinski definition) is 0. The molecule has 0 bridgehead atoms. The molecule has 0 aliphatic heterocycles. The standard InChI is InChI=1S/C21H24N2Si.C14H13B/c1-2-3-10-17-24(19-23-16-15-22-18-23,20-11-6-4-7-12-20)21-13-8-5-9-14-21;1-2-15(13-9-5-3-6-10-13)14-11-7-4-8-12-14/h2-9,11-16,18H,10,17,19H2,1H3;2-12H,1H2. The van der Waals surface area contributed by atoms with Crippen molar-refractivity contribution >= 4 is 36.1 Å². The van der Waals surface area contributed by atoms with Gasteiger partial charge in [0.2, 0.25) is 6.71 Å². The SMILES string of the molecule is C=CB(c1ccccc1)c1ccccc1.CC=CCC[Si](Cn1ccnc1)(c1ccccc1)c1ccccc1. The minimum absolute atomic E-state index is 0.299. The Hall–Kier alpha value is -4.15. The van der Waals surface area contributed by atoms with Crippen molar-refractivity contribution in [2.24, 2.45) is 0 Å². The monoisotopic (exact) mass is 524 g/mol. The molecule has 1 aromatic heterocycles. The molecule has 39 heavy (non-hydrogen) atoms. The Kier molecular flexibility index (Phi) is 10.5. The summed E-state index contributed by atoms with van der Waals surface area (Å²) in [5, 5.41) is 2.99. The highest BCUT2D eigenvalue weighted by molar-refractivity contribution is 7.01. The van der Waals surface area contributed by atoms with Gasteiger partial charge < -0.3 is 4.57 Å². The number of nitrogens with zero attached hydrogens (tertiary/aromatic N) is 2. The smallest absolute Gasteiger partial charge is 0.233 e. The Morgan fingerprint density at radius 2 is 1.23 bits per heavy atom. The average molecular weight is 525 g/mol. The van der Waals surface area contributed by atoms with E-state index in [0.717, 1.165) is 12.6 Å². The number of imidazole rings is 1. The van der Waals surface area contributed by atoms with Gasteiger partial charge in [-0.1, -0.05) is 155 Å². The van der Waals surface area contributed by atoms with Gasteiger partial charge in [0.25, 0.3) is 0 Å². The highest BCUT2D eigenvalue weighted by atomic mass is 28.3. The molecule has 0 aliphatic rings. The van der Waals surface area contributed by atoms with Crippen LogP contribution in [0.2, 0.25) is 6.04 Å². The van der Waals surface area contributed by atoms with Crippen molar-refractivity contribution in [3.63, 3.8) is 0 Å². The Bertz CT molecular complexity index is 1310. The number of aromatic nitrogens is 2. The number of allylic oxidation sites excluding steroid dienone is 2. The molecule has 0 radical (unpaired) electrons. The van der Waals surface area contributed by atoms with Crippen LogP contribution in [0.3, 0.4) is 0 Å². The van der Waals surface area contributed by atoms with E-state index in [1.54, 1.807) is 0 Å². The van der Waals surface area contributed by atoms with E-state index in [0.29, 0.717) is 6.71 Å². The minimum Gasteiger partial charge on any atom is -0.340 e. The van der Waals surface area contributed by atoms with Crippen LogP contribution in [0.5, 0.6) is 0 Å². The fraction of sp³-hybridized carbons (Fsp3) is 0.114. The van der Waals surface area contributed by atoms with E-state index in [4.69, 9.17) is 0 Å².